The lowest BCUT2D eigenvalue weighted by Crippen LogP contribution is -2.30. The summed E-state index contributed by atoms with van der Waals surface area (Å²) in [5.74, 6) is -0.380. The SMILES string of the molecule is COC(=O)c1ccc(CCNC(=O)Nc2cccc(Cn3cccnc3=O)c2)cc1. The first-order valence-corrected chi connectivity index (χ1v) is 9.37. The molecule has 0 spiro atoms. The van der Waals surface area contributed by atoms with Crippen LogP contribution in [0.4, 0.5) is 10.5 Å². The summed E-state index contributed by atoms with van der Waals surface area (Å²) in [6, 6.07) is 15.7. The van der Waals surface area contributed by atoms with Crippen molar-refractivity contribution in [1.29, 1.82) is 0 Å². The molecule has 0 unspecified atom stereocenters. The molecule has 30 heavy (non-hydrogen) atoms. The molecule has 0 aliphatic rings. The highest BCUT2D eigenvalue weighted by Gasteiger charge is 2.06. The van der Waals surface area contributed by atoms with Gasteiger partial charge in [0.25, 0.3) is 0 Å². The Balaban J connectivity index is 1.50. The number of carbonyl (C=O) groups excluding carboxylic acids is 2. The van der Waals surface area contributed by atoms with Gasteiger partial charge in [0.05, 0.1) is 19.2 Å². The fraction of sp³-hybridized carbons (Fsp3) is 0.182. The molecule has 2 aromatic carbocycles. The van der Waals surface area contributed by atoms with Gasteiger partial charge in [-0.15, -0.1) is 0 Å². The minimum atomic E-state index is -0.380. The topological polar surface area (TPSA) is 102 Å². The molecule has 2 N–H and O–H groups in total. The van der Waals surface area contributed by atoms with Crippen molar-refractivity contribution in [2.24, 2.45) is 0 Å². The number of nitrogens with one attached hydrogen (secondary N) is 2. The van der Waals surface area contributed by atoms with Gasteiger partial charge in [0, 0.05) is 24.6 Å². The lowest BCUT2D eigenvalue weighted by Gasteiger charge is -2.10. The van der Waals surface area contributed by atoms with Crippen LogP contribution < -0.4 is 16.3 Å². The van der Waals surface area contributed by atoms with Crippen molar-refractivity contribution < 1.29 is 14.3 Å². The summed E-state index contributed by atoms with van der Waals surface area (Å²) in [6.07, 6.45) is 3.74. The first-order chi connectivity index (χ1) is 14.5. The van der Waals surface area contributed by atoms with E-state index in [-0.39, 0.29) is 17.7 Å². The zero-order valence-electron chi connectivity index (χ0n) is 16.5. The molecule has 2 amide bonds. The highest BCUT2D eigenvalue weighted by molar-refractivity contribution is 5.89. The van der Waals surface area contributed by atoms with E-state index in [1.807, 2.05) is 30.3 Å². The van der Waals surface area contributed by atoms with Crippen molar-refractivity contribution in [3.63, 3.8) is 0 Å². The van der Waals surface area contributed by atoms with Crippen molar-refractivity contribution in [2.45, 2.75) is 13.0 Å². The molecule has 0 radical (unpaired) electrons. The van der Waals surface area contributed by atoms with E-state index < -0.39 is 0 Å². The van der Waals surface area contributed by atoms with Crippen LogP contribution in [0.3, 0.4) is 0 Å². The monoisotopic (exact) mass is 406 g/mol. The molecule has 0 aliphatic heterocycles. The molecule has 1 aromatic heterocycles. The highest BCUT2D eigenvalue weighted by atomic mass is 16.5. The smallest absolute Gasteiger partial charge is 0.347 e. The van der Waals surface area contributed by atoms with Crippen molar-refractivity contribution in [1.82, 2.24) is 14.9 Å². The largest absolute Gasteiger partial charge is 0.465 e. The van der Waals surface area contributed by atoms with Gasteiger partial charge in [0.1, 0.15) is 0 Å². The zero-order chi connectivity index (χ0) is 21.3. The Bertz CT molecular complexity index is 1080. The molecular formula is C22H22N4O4. The number of rotatable bonds is 7. The Labute approximate surface area is 173 Å². The third-order valence-corrected chi connectivity index (χ3v) is 4.39. The number of benzene rings is 2. The van der Waals surface area contributed by atoms with Gasteiger partial charge in [0.2, 0.25) is 0 Å². The summed E-state index contributed by atoms with van der Waals surface area (Å²) >= 11 is 0. The van der Waals surface area contributed by atoms with Gasteiger partial charge in [-0.3, -0.25) is 4.57 Å². The van der Waals surface area contributed by atoms with Crippen molar-refractivity contribution in [2.75, 3.05) is 19.0 Å². The van der Waals surface area contributed by atoms with Gasteiger partial charge in [-0.2, -0.15) is 0 Å². The van der Waals surface area contributed by atoms with E-state index in [4.69, 9.17) is 0 Å². The van der Waals surface area contributed by atoms with E-state index in [0.717, 1.165) is 11.1 Å². The van der Waals surface area contributed by atoms with Gasteiger partial charge >= 0.3 is 17.7 Å². The van der Waals surface area contributed by atoms with Crippen LogP contribution in [0, 0.1) is 0 Å². The standard InChI is InChI=1S/C22H22N4O4/c1-30-20(27)18-8-6-16(7-9-18)10-12-23-21(28)25-19-5-2-4-17(14-19)15-26-13-3-11-24-22(26)29/h2-9,11,13-14H,10,12,15H2,1H3,(H2,23,25,28). The number of esters is 1. The first kappa shape index (κ1) is 20.8. The van der Waals surface area contributed by atoms with Crippen molar-refractivity contribution in [3.05, 3.63) is 94.2 Å². The van der Waals surface area contributed by atoms with E-state index in [9.17, 15) is 14.4 Å². The van der Waals surface area contributed by atoms with Crippen LogP contribution in [0.25, 0.3) is 0 Å². The molecule has 0 atom stereocenters. The van der Waals surface area contributed by atoms with E-state index in [0.29, 0.717) is 30.8 Å². The number of hydrogen-bond acceptors (Lipinski definition) is 5. The predicted molar refractivity (Wildman–Crippen MR) is 113 cm³/mol. The average Bonchev–Trinajstić information content (AvgIpc) is 2.75. The van der Waals surface area contributed by atoms with E-state index in [2.05, 4.69) is 20.4 Å². The number of urea groups is 1. The van der Waals surface area contributed by atoms with E-state index in [1.54, 1.807) is 30.5 Å². The van der Waals surface area contributed by atoms with Gasteiger partial charge in [-0.1, -0.05) is 24.3 Å². The lowest BCUT2D eigenvalue weighted by molar-refractivity contribution is 0.0600. The number of anilines is 1. The second-order valence-electron chi connectivity index (χ2n) is 6.55. The van der Waals surface area contributed by atoms with Crippen LogP contribution in [0.5, 0.6) is 0 Å². The molecule has 3 aromatic rings. The maximum absolute atomic E-state index is 12.2. The average molecular weight is 406 g/mol. The molecule has 0 aliphatic carbocycles. The van der Waals surface area contributed by atoms with Crippen LogP contribution >= 0.6 is 0 Å². The van der Waals surface area contributed by atoms with Gasteiger partial charge in [0.15, 0.2) is 0 Å². The summed E-state index contributed by atoms with van der Waals surface area (Å²) in [5.41, 5.74) is 2.65. The zero-order valence-corrected chi connectivity index (χ0v) is 16.5. The number of amides is 2. The molecule has 154 valence electrons. The predicted octanol–water partition coefficient (Wildman–Crippen LogP) is 2.44. The fourth-order valence-corrected chi connectivity index (χ4v) is 2.87. The van der Waals surface area contributed by atoms with Gasteiger partial charge < -0.3 is 15.4 Å². The van der Waals surface area contributed by atoms with Gasteiger partial charge in [-0.25, -0.2) is 19.4 Å². The van der Waals surface area contributed by atoms with Crippen molar-refractivity contribution >= 4 is 17.7 Å². The second kappa shape index (κ2) is 10.0. The molecule has 0 bridgehead atoms. The van der Waals surface area contributed by atoms with Crippen LogP contribution in [0.2, 0.25) is 0 Å². The summed E-state index contributed by atoms with van der Waals surface area (Å²) in [5, 5.41) is 5.59. The minimum absolute atomic E-state index is 0.322. The summed E-state index contributed by atoms with van der Waals surface area (Å²) in [4.78, 5) is 39.1. The number of ether oxygens (including phenoxy) is 1. The highest BCUT2D eigenvalue weighted by Crippen LogP contribution is 2.11. The quantitative estimate of drug-likeness (QED) is 0.587. The second-order valence-corrected chi connectivity index (χ2v) is 6.55. The Hall–Kier alpha value is -3.94. The summed E-state index contributed by atoms with van der Waals surface area (Å²) in [7, 11) is 1.34. The number of hydrogen-bond donors (Lipinski definition) is 2. The molecule has 3 rings (SSSR count). The third-order valence-electron chi connectivity index (χ3n) is 4.39. The molecule has 0 saturated heterocycles. The number of aromatic nitrogens is 2. The van der Waals surface area contributed by atoms with E-state index in [1.165, 1.54) is 17.9 Å². The number of methoxy groups -OCH3 is 1. The Morgan fingerprint density at radius 2 is 1.87 bits per heavy atom. The molecule has 8 nitrogen and oxygen atoms in total. The Kier molecular flexibility index (Phi) is 6.94. The Morgan fingerprint density at radius 3 is 2.60 bits per heavy atom. The maximum atomic E-state index is 12.2. The minimum Gasteiger partial charge on any atom is -0.465 e. The van der Waals surface area contributed by atoms with Gasteiger partial charge in [-0.05, 0) is 47.9 Å². The Morgan fingerprint density at radius 1 is 1.07 bits per heavy atom. The van der Waals surface area contributed by atoms with Crippen molar-refractivity contribution in [3.8, 4) is 0 Å². The number of nitrogens with zero attached hydrogens (tertiary/aromatic N) is 2. The first-order valence-electron chi connectivity index (χ1n) is 9.37. The molecule has 1 heterocycles. The summed E-state index contributed by atoms with van der Waals surface area (Å²) < 4.78 is 6.16. The summed E-state index contributed by atoms with van der Waals surface area (Å²) in [6.45, 7) is 0.805. The molecule has 8 heteroatoms. The fourth-order valence-electron chi connectivity index (χ4n) is 2.87. The number of carbonyl (C=O) groups is 2. The van der Waals surface area contributed by atoms with Crippen LogP contribution in [-0.4, -0.2) is 35.2 Å². The lowest BCUT2D eigenvalue weighted by atomic mass is 10.1. The third kappa shape index (κ3) is 5.78. The molecular weight excluding hydrogens is 384 g/mol. The molecule has 0 fully saturated rings. The normalized spacial score (nSPS) is 10.3. The maximum Gasteiger partial charge on any atom is 0.347 e. The van der Waals surface area contributed by atoms with Crippen LogP contribution in [0.1, 0.15) is 21.5 Å². The van der Waals surface area contributed by atoms with E-state index >= 15 is 0 Å². The van der Waals surface area contributed by atoms with Crippen LogP contribution in [0.15, 0.2) is 71.8 Å². The molecule has 0 saturated carbocycles. The van der Waals surface area contributed by atoms with Crippen LogP contribution in [-0.2, 0) is 17.7 Å².